The molecule has 4 aromatic rings. The van der Waals surface area contributed by atoms with Crippen LogP contribution in [0.25, 0.3) is 0 Å². The highest BCUT2D eigenvalue weighted by Gasteiger charge is 2.37. The number of nitrogens with two attached hydrogens (primary N) is 2. The van der Waals surface area contributed by atoms with Crippen LogP contribution in [0.15, 0.2) is 72.8 Å². The van der Waals surface area contributed by atoms with Gasteiger partial charge in [-0.2, -0.15) is 4.37 Å². The van der Waals surface area contributed by atoms with Gasteiger partial charge in [-0.05, 0) is 46.9 Å². The SMILES string of the molecule is COc1ccc(OC)c(N(C(=O)c2snc(C(N)=O)c2N)[C@@H](C(=O)NCc2ccccc2)c2ccc(O)cc2)c1. The second-order valence-electron chi connectivity index (χ2n) is 8.55. The number of primary amides is 1. The number of carbonyl (C=O) groups is 3. The number of hydrogen-bond acceptors (Lipinski definition) is 9. The number of nitrogens with zero attached hydrogens (tertiary/aromatic N) is 2. The largest absolute Gasteiger partial charge is 0.508 e. The summed E-state index contributed by atoms with van der Waals surface area (Å²) in [5.74, 6) is -1.55. The molecule has 11 nitrogen and oxygen atoms in total. The fraction of sp³-hybridized carbons (Fsp3) is 0.143. The van der Waals surface area contributed by atoms with Gasteiger partial charge in [-0.15, -0.1) is 0 Å². The third-order valence-electron chi connectivity index (χ3n) is 6.04. The first-order chi connectivity index (χ1) is 19.2. The van der Waals surface area contributed by atoms with Crippen molar-refractivity contribution >= 4 is 40.6 Å². The predicted octanol–water partition coefficient (Wildman–Crippen LogP) is 3.25. The number of nitrogen functional groups attached to an aromatic ring is 1. The first-order valence-corrected chi connectivity index (χ1v) is 12.7. The molecule has 0 radical (unpaired) electrons. The van der Waals surface area contributed by atoms with E-state index in [0.717, 1.165) is 5.56 Å². The van der Waals surface area contributed by atoms with Gasteiger partial charge in [0.05, 0.1) is 25.6 Å². The van der Waals surface area contributed by atoms with Crippen LogP contribution in [0.2, 0.25) is 0 Å². The fourth-order valence-electron chi connectivity index (χ4n) is 4.05. The smallest absolute Gasteiger partial charge is 0.273 e. The molecule has 0 bridgehead atoms. The van der Waals surface area contributed by atoms with Crippen LogP contribution in [-0.4, -0.2) is 41.4 Å². The Labute approximate surface area is 234 Å². The Kier molecular flexibility index (Phi) is 8.50. The van der Waals surface area contributed by atoms with Gasteiger partial charge >= 0.3 is 0 Å². The summed E-state index contributed by atoms with van der Waals surface area (Å²) < 4.78 is 14.9. The minimum atomic E-state index is -1.28. The molecule has 1 heterocycles. The zero-order chi connectivity index (χ0) is 28.8. The molecule has 12 heteroatoms. The van der Waals surface area contributed by atoms with Crippen LogP contribution in [0.1, 0.15) is 37.3 Å². The molecule has 0 saturated heterocycles. The number of rotatable bonds is 10. The Balaban J connectivity index is 1.91. The number of aromatic hydroxyl groups is 1. The summed E-state index contributed by atoms with van der Waals surface area (Å²) in [6, 6.07) is 18.6. The van der Waals surface area contributed by atoms with Crippen LogP contribution in [-0.2, 0) is 11.3 Å². The molecular weight excluding hydrogens is 534 g/mol. The van der Waals surface area contributed by atoms with Crippen molar-refractivity contribution in [3.8, 4) is 17.2 Å². The second-order valence-corrected chi connectivity index (χ2v) is 9.32. The highest BCUT2D eigenvalue weighted by Crippen LogP contribution is 2.40. The highest BCUT2D eigenvalue weighted by atomic mass is 32.1. The summed E-state index contributed by atoms with van der Waals surface area (Å²) in [5, 5.41) is 12.8. The van der Waals surface area contributed by atoms with E-state index < -0.39 is 23.8 Å². The van der Waals surface area contributed by atoms with Crippen molar-refractivity contribution in [2.45, 2.75) is 12.6 Å². The van der Waals surface area contributed by atoms with Gasteiger partial charge in [0.15, 0.2) is 5.69 Å². The van der Waals surface area contributed by atoms with Crippen molar-refractivity contribution in [2.24, 2.45) is 5.73 Å². The van der Waals surface area contributed by atoms with E-state index in [9.17, 15) is 19.5 Å². The molecule has 1 aromatic heterocycles. The Morgan fingerprint density at radius 3 is 2.33 bits per heavy atom. The molecule has 4 rings (SSSR count). The van der Waals surface area contributed by atoms with Gasteiger partial charge < -0.3 is 31.4 Å². The van der Waals surface area contributed by atoms with Gasteiger partial charge in [0.2, 0.25) is 5.91 Å². The number of amides is 3. The van der Waals surface area contributed by atoms with E-state index in [1.807, 2.05) is 30.3 Å². The summed E-state index contributed by atoms with van der Waals surface area (Å²) in [5.41, 5.74) is 12.5. The molecule has 0 spiro atoms. The lowest BCUT2D eigenvalue weighted by molar-refractivity contribution is -0.122. The molecule has 0 aliphatic carbocycles. The van der Waals surface area contributed by atoms with Crippen molar-refractivity contribution in [2.75, 3.05) is 24.9 Å². The minimum Gasteiger partial charge on any atom is -0.508 e. The Morgan fingerprint density at radius 1 is 1.02 bits per heavy atom. The standard InChI is InChI=1S/C28H27N5O6S/c1-38-19-12-13-21(39-2)20(14-19)33(28(37)25-22(29)23(26(30)35)32-40-25)24(17-8-10-18(34)11-9-17)27(36)31-15-16-6-4-3-5-7-16/h3-14,24,34H,15,29H2,1-2H3,(H2,30,35)(H,31,36)/t24-/m1/s1. The summed E-state index contributed by atoms with van der Waals surface area (Å²) in [6.07, 6.45) is 0. The second kappa shape index (κ2) is 12.2. The lowest BCUT2D eigenvalue weighted by Crippen LogP contribution is -2.44. The van der Waals surface area contributed by atoms with Crippen LogP contribution in [0.4, 0.5) is 11.4 Å². The third-order valence-corrected chi connectivity index (χ3v) is 6.90. The lowest BCUT2D eigenvalue weighted by Gasteiger charge is -2.32. The molecule has 0 aliphatic heterocycles. The maximum atomic E-state index is 14.3. The number of aromatic nitrogens is 1. The van der Waals surface area contributed by atoms with Gasteiger partial charge in [0.25, 0.3) is 11.8 Å². The zero-order valence-electron chi connectivity index (χ0n) is 21.7. The fourth-order valence-corrected chi connectivity index (χ4v) is 4.79. The number of nitrogens with one attached hydrogen (secondary N) is 1. The average molecular weight is 562 g/mol. The number of benzene rings is 3. The van der Waals surface area contributed by atoms with Gasteiger partial charge in [-0.3, -0.25) is 19.3 Å². The van der Waals surface area contributed by atoms with E-state index in [2.05, 4.69) is 9.69 Å². The van der Waals surface area contributed by atoms with Crippen molar-refractivity contribution in [1.82, 2.24) is 9.69 Å². The molecule has 206 valence electrons. The van der Waals surface area contributed by atoms with Crippen molar-refractivity contribution in [3.05, 3.63) is 94.5 Å². The minimum absolute atomic E-state index is 0.0261. The molecule has 3 amide bonds. The quantitative estimate of drug-likeness (QED) is 0.229. The maximum absolute atomic E-state index is 14.3. The first-order valence-electron chi connectivity index (χ1n) is 12.0. The van der Waals surface area contributed by atoms with E-state index in [-0.39, 0.29) is 40.0 Å². The van der Waals surface area contributed by atoms with Crippen LogP contribution in [0.5, 0.6) is 17.2 Å². The summed E-state index contributed by atoms with van der Waals surface area (Å²) in [6.45, 7) is 0.181. The van der Waals surface area contributed by atoms with E-state index in [0.29, 0.717) is 22.8 Å². The average Bonchev–Trinajstić information content (AvgIpc) is 3.36. The van der Waals surface area contributed by atoms with E-state index >= 15 is 0 Å². The highest BCUT2D eigenvalue weighted by molar-refractivity contribution is 7.09. The molecule has 0 fully saturated rings. The maximum Gasteiger partial charge on any atom is 0.273 e. The number of methoxy groups -OCH3 is 2. The molecule has 0 unspecified atom stereocenters. The van der Waals surface area contributed by atoms with Gasteiger partial charge in [-0.25, -0.2) is 0 Å². The normalized spacial score (nSPS) is 11.3. The van der Waals surface area contributed by atoms with Crippen LogP contribution >= 0.6 is 11.5 Å². The van der Waals surface area contributed by atoms with Crippen molar-refractivity contribution in [3.63, 3.8) is 0 Å². The van der Waals surface area contributed by atoms with Crippen molar-refractivity contribution in [1.29, 1.82) is 0 Å². The monoisotopic (exact) mass is 561 g/mol. The zero-order valence-corrected chi connectivity index (χ0v) is 22.5. The summed E-state index contributed by atoms with van der Waals surface area (Å²) in [7, 11) is 2.88. The number of carbonyl (C=O) groups excluding carboxylic acids is 3. The molecule has 3 aromatic carbocycles. The predicted molar refractivity (Wildman–Crippen MR) is 151 cm³/mol. The molecule has 0 aliphatic rings. The molecule has 0 saturated carbocycles. The van der Waals surface area contributed by atoms with Gasteiger partial charge in [-0.1, -0.05) is 42.5 Å². The Hall–Kier alpha value is -5.10. The van der Waals surface area contributed by atoms with Crippen molar-refractivity contribution < 1.29 is 29.0 Å². The number of phenols is 1. The topological polar surface area (TPSA) is 170 Å². The Bertz CT molecular complexity index is 1520. The number of hydrogen-bond donors (Lipinski definition) is 4. The van der Waals surface area contributed by atoms with E-state index in [4.69, 9.17) is 20.9 Å². The summed E-state index contributed by atoms with van der Waals surface area (Å²) >= 11 is 0.685. The molecule has 40 heavy (non-hydrogen) atoms. The first kappa shape index (κ1) is 27.9. The van der Waals surface area contributed by atoms with Crippen LogP contribution < -0.4 is 31.2 Å². The summed E-state index contributed by atoms with van der Waals surface area (Å²) in [4.78, 5) is 41.1. The van der Waals surface area contributed by atoms with Crippen LogP contribution in [0.3, 0.4) is 0 Å². The van der Waals surface area contributed by atoms with E-state index in [1.54, 1.807) is 18.2 Å². The van der Waals surface area contributed by atoms with Crippen LogP contribution in [0, 0.1) is 0 Å². The van der Waals surface area contributed by atoms with E-state index in [1.165, 1.54) is 43.4 Å². The Morgan fingerprint density at radius 2 is 1.73 bits per heavy atom. The number of phenolic OH excluding ortho intramolecular Hbond substituents is 1. The van der Waals surface area contributed by atoms with Gasteiger partial charge in [0, 0.05) is 12.6 Å². The third kappa shape index (κ3) is 5.81. The number of ether oxygens (including phenoxy) is 2. The number of anilines is 2. The molecule has 1 atom stereocenters. The molecular formula is C28H27N5O6S. The lowest BCUT2D eigenvalue weighted by atomic mass is 10.0. The molecule has 6 N–H and O–H groups in total. The van der Waals surface area contributed by atoms with Gasteiger partial charge in [0.1, 0.15) is 28.2 Å².